The van der Waals surface area contributed by atoms with Gasteiger partial charge in [0.1, 0.15) is 11.7 Å². The van der Waals surface area contributed by atoms with Crippen LogP contribution in [0.5, 0.6) is 5.75 Å². The predicted octanol–water partition coefficient (Wildman–Crippen LogP) is 4.52. The molecule has 4 heteroatoms. The number of hydrogen-bond acceptors (Lipinski definition) is 3. The number of fused-ring (bicyclic) bond motifs is 1. The zero-order chi connectivity index (χ0) is 16.4. The van der Waals surface area contributed by atoms with E-state index in [4.69, 9.17) is 9.47 Å². The molecule has 1 aliphatic carbocycles. The quantitative estimate of drug-likeness (QED) is 0.765. The fraction of sp³-hybridized carbons (Fsp3) is 0.632. The lowest BCUT2D eigenvalue weighted by Gasteiger charge is -2.35. The van der Waals surface area contributed by atoms with E-state index < -0.39 is 11.8 Å². The summed E-state index contributed by atoms with van der Waals surface area (Å²) in [6.07, 6.45) is 6.36. The smallest absolute Gasteiger partial charge is 0.341 e. The summed E-state index contributed by atoms with van der Waals surface area (Å²) in [5.41, 5.74) is 0.819. The Balaban J connectivity index is 1.76. The molecule has 0 spiro atoms. The van der Waals surface area contributed by atoms with E-state index in [-0.39, 0.29) is 17.4 Å². The van der Waals surface area contributed by atoms with Gasteiger partial charge in [0.2, 0.25) is 0 Å². The van der Waals surface area contributed by atoms with Crippen LogP contribution in [0, 0.1) is 17.7 Å². The first-order valence-corrected chi connectivity index (χ1v) is 8.79. The van der Waals surface area contributed by atoms with Gasteiger partial charge in [-0.2, -0.15) is 0 Å². The highest BCUT2D eigenvalue weighted by Gasteiger charge is 2.36. The Bertz CT molecular complexity index is 576. The van der Waals surface area contributed by atoms with Gasteiger partial charge in [-0.15, -0.1) is 0 Å². The number of carbonyl (C=O) groups is 1. The molecule has 1 aromatic rings. The molecule has 2 aliphatic rings. The molecule has 1 unspecified atom stereocenters. The van der Waals surface area contributed by atoms with Crippen LogP contribution in [0.2, 0.25) is 0 Å². The molecule has 1 fully saturated rings. The predicted molar refractivity (Wildman–Crippen MR) is 86.2 cm³/mol. The van der Waals surface area contributed by atoms with Crippen molar-refractivity contribution in [3.05, 3.63) is 29.1 Å². The van der Waals surface area contributed by atoms with Gasteiger partial charge >= 0.3 is 5.97 Å². The van der Waals surface area contributed by atoms with Crippen molar-refractivity contribution in [2.24, 2.45) is 11.8 Å². The van der Waals surface area contributed by atoms with Crippen LogP contribution in [0.15, 0.2) is 12.1 Å². The first kappa shape index (κ1) is 16.3. The molecule has 1 heterocycles. The van der Waals surface area contributed by atoms with E-state index in [0.717, 1.165) is 24.3 Å². The highest BCUT2D eigenvalue weighted by molar-refractivity contribution is 5.93. The van der Waals surface area contributed by atoms with Gasteiger partial charge in [-0.3, -0.25) is 0 Å². The van der Waals surface area contributed by atoms with Crippen LogP contribution in [0.1, 0.15) is 61.9 Å². The number of hydrogen-bond donors (Lipinski definition) is 0. The first-order valence-electron chi connectivity index (χ1n) is 8.79. The molecule has 1 atom stereocenters. The van der Waals surface area contributed by atoms with Crippen molar-refractivity contribution in [1.82, 2.24) is 0 Å². The molecular weight excluding hydrogens is 295 g/mol. The van der Waals surface area contributed by atoms with E-state index in [1.165, 1.54) is 19.3 Å². The van der Waals surface area contributed by atoms with Gasteiger partial charge < -0.3 is 9.47 Å². The van der Waals surface area contributed by atoms with Crippen LogP contribution in [0.3, 0.4) is 0 Å². The summed E-state index contributed by atoms with van der Waals surface area (Å²) in [5.74, 6) is 0.231. The highest BCUT2D eigenvalue weighted by Crippen LogP contribution is 2.38. The molecule has 23 heavy (non-hydrogen) atoms. The van der Waals surface area contributed by atoms with Crippen LogP contribution in [0.25, 0.3) is 0 Å². The topological polar surface area (TPSA) is 35.5 Å². The van der Waals surface area contributed by atoms with E-state index in [1.807, 2.05) is 6.07 Å². The van der Waals surface area contributed by atoms with Crippen LogP contribution in [-0.2, 0) is 11.2 Å². The number of esters is 1. The first-order chi connectivity index (χ1) is 11.1. The Hall–Kier alpha value is -1.58. The second-order valence-corrected chi connectivity index (χ2v) is 6.68. The normalized spacial score (nSPS) is 27.3. The van der Waals surface area contributed by atoms with Crippen LogP contribution in [-0.4, -0.2) is 18.7 Å². The van der Waals surface area contributed by atoms with Crippen LogP contribution in [0.4, 0.5) is 4.39 Å². The van der Waals surface area contributed by atoms with E-state index >= 15 is 0 Å². The minimum Gasteiger partial charge on any atom is -0.491 e. The summed E-state index contributed by atoms with van der Waals surface area (Å²) in [6.45, 7) is 4.40. The zero-order valence-corrected chi connectivity index (χ0v) is 13.9. The molecule has 0 N–H and O–H groups in total. The zero-order valence-electron chi connectivity index (χ0n) is 13.9. The van der Waals surface area contributed by atoms with Crippen LogP contribution < -0.4 is 4.74 Å². The molecule has 0 aromatic heterocycles. The summed E-state index contributed by atoms with van der Waals surface area (Å²) in [4.78, 5) is 12.3. The SMILES string of the molecule is CCOc1ccc2c(c1F)C(=O)OC(C1CCC(CC)CC1)C2. The summed E-state index contributed by atoms with van der Waals surface area (Å²) < 4.78 is 25.3. The van der Waals surface area contributed by atoms with Gasteiger partial charge in [0, 0.05) is 6.42 Å². The third-order valence-corrected chi connectivity index (χ3v) is 5.37. The summed E-state index contributed by atoms with van der Waals surface area (Å²) in [7, 11) is 0. The number of ether oxygens (including phenoxy) is 2. The molecule has 0 radical (unpaired) electrons. The molecule has 1 saturated carbocycles. The standard InChI is InChI=1S/C19H25FO3/c1-3-12-5-7-13(8-6-12)16-11-14-9-10-15(22-4-2)18(20)17(14)19(21)23-16/h9-10,12-13,16H,3-8,11H2,1-2H3. The summed E-state index contributed by atoms with van der Waals surface area (Å²) in [6, 6.07) is 3.44. The number of rotatable bonds is 4. The van der Waals surface area contributed by atoms with Crippen molar-refractivity contribution in [3.63, 3.8) is 0 Å². The Kier molecular flexibility index (Phi) is 4.88. The molecule has 126 valence electrons. The lowest BCUT2D eigenvalue weighted by atomic mass is 9.76. The second kappa shape index (κ2) is 6.90. The van der Waals surface area contributed by atoms with E-state index in [2.05, 4.69) is 6.92 Å². The van der Waals surface area contributed by atoms with Gasteiger partial charge in [0.15, 0.2) is 11.6 Å². The van der Waals surface area contributed by atoms with Gasteiger partial charge in [0.25, 0.3) is 0 Å². The van der Waals surface area contributed by atoms with Gasteiger partial charge in [-0.1, -0.05) is 32.3 Å². The van der Waals surface area contributed by atoms with Crippen molar-refractivity contribution in [3.8, 4) is 5.75 Å². The highest BCUT2D eigenvalue weighted by atomic mass is 19.1. The molecule has 3 nitrogen and oxygen atoms in total. The van der Waals surface area contributed by atoms with Crippen molar-refractivity contribution < 1.29 is 18.7 Å². The summed E-state index contributed by atoms with van der Waals surface area (Å²) >= 11 is 0. The monoisotopic (exact) mass is 320 g/mol. The maximum atomic E-state index is 14.4. The minimum atomic E-state index is -0.581. The van der Waals surface area contributed by atoms with Crippen molar-refractivity contribution in [2.45, 2.75) is 58.5 Å². The van der Waals surface area contributed by atoms with E-state index in [0.29, 0.717) is 18.9 Å². The lowest BCUT2D eigenvalue weighted by Crippen LogP contribution is -2.36. The van der Waals surface area contributed by atoms with Crippen LogP contribution >= 0.6 is 0 Å². The average Bonchev–Trinajstić information content (AvgIpc) is 2.57. The molecule has 0 saturated heterocycles. The molecular formula is C19H25FO3. The van der Waals surface area contributed by atoms with Crippen molar-refractivity contribution >= 4 is 5.97 Å². The van der Waals surface area contributed by atoms with Crippen molar-refractivity contribution in [2.75, 3.05) is 6.61 Å². The van der Waals surface area contributed by atoms with Gasteiger partial charge in [0.05, 0.1) is 6.61 Å². The number of benzene rings is 1. The third kappa shape index (κ3) is 3.22. The summed E-state index contributed by atoms with van der Waals surface area (Å²) in [5, 5.41) is 0. The lowest BCUT2D eigenvalue weighted by molar-refractivity contribution is -0.000872. The number of cyclic esters (lactones) is 1. The van der Waals surface area contributed by atoms with Crippen molar-refractivity contribution in [1.29, 1.82) is 0 Å². The Morgan fingerprint density at radius 2 is 1.96 bits per heavy atom. The average molecular weight is 320 g/mol. The van der Waals surface area contributed by atoms with E-state index in [1.54, 1.807) is 13.0 Å². The molecule has 1 aliphatic heterocycles. The van der Waals surface area contributed by atoms with Gasteiger partial charge in [-0.05, 0) is 43.2 Å². The third-order valence-electron chi connectivity index (χ3n) is 5.37. The number of halogens is 1. The maximum absolute atomic E-state index is 14.4. The molecule has 1 aromatic carbocycles. The second-order valence-electron chi connectivity index (χ2n) is 6.68. The fourth-order valence-corrected chi connectivity index (χ4v) is 3.94. The number of carbonyl (C=O) groups excluding carboxylic acids is 1. The largest absolute Gasteiger partial charge is 0.491 e. The Morgan fingerprint density at radius 1 is 1.22 bits per heavy atom. The Labute approximate surface area is 137 Å². The Morgan fingerprint density at radius 3 is 2.61 bits per heavy atom. The minimum absolute atomic E-state index is 0.0643. The maximum Gasteiger partial charge on any atom is 0.341 e. The molecule has 0 bridgehead atoms. The molecule has 3 rings (SSSR count). The molecule has 0 amide bonds. The fourth-order valence-electron chi connectivity index (χ4n) is 3.94. The van der Waals surface area contributed by atoms with Gasteiger partial charge in [-0.25, -0.2) is 9.18 Å². The van der Waals surface area contributed by atoms with E-state index in [9.17, 15) is 9.18 Å².